The zero-order valence-electron chi connectivity index (χ0n) is 10.8. The lowest BCUT2D eigenvalue weighted by molar-refractivity contribution is -0.146. The van der Waals surface area contributed by atoms with Crippen molar-refractivity contribution >= 4 is 33.4 Å². The summed E-state index contributed by atoms with van der Waals surface area (Å²) in [5.74, 6) is -3.14. The average molecular weight is 347 g/mol. The molecule has 0 bridgehead atoms. The van der Waals surface area contributed by atoms with E-state index in [1.54, 1.807) is 24.3 Å². The molecule has 2 N–H and O–H groups in total. The molecule has 0 fully saturated rings. The topological polar surface area (TPSA) is 74.6 Å². The molecule has 21 heavy (non-hydrogen) atoms. The predicted molar refractivity (Wildman–Crippen MR) is 82.8 cm³/mol. The summed E-state index contributed by atoms with van der Waals surface area (Å²) >= 11 is 3.36. The lowest BCUT2D eigenvalue weighted by atomic mass is 10.0. The Morgan fingerprint density at radius 3 is 1.81 bits per heavy atom. The Morgan fingerprint density at radius 2 is 1.33 bits per heavy atom. The molecule has 0 saturated heterocycles. The minimum absolute atomic E-state index is 0.371. The van der Waals surface area contributed by atoms with Gasteiger partial charge in [0.05, 0.1) is 0 Å². The summed E-state index contributed by atoms with van der Waals surface area (Å²) in [7, 11) is 0. The Kier molecular flexibility index (Phi) is 4.55. The zero-order chi connectivity index (χ0) is 15.4. The van der Waals surface area contributed by atoms with Crippen LogP contribution >= 0.6 is 15.9 Å². The van der Waals surface area contributed by atoms with Gasteiger partial charge in [-0.15, -0.1) is 0 Å². The molecule has 0 unspecified atom stereocenters. The Hall–Kier alpha value is -2.40. The van der Waals surface area contributed by atoms with Crippen LogP contribution in [0.5, 0.6) is 0 Å². The van der Waals surface area contributed by atoms with Gasteiger partial charge in [-0.25, -0.2) is 4.79 Å². The lowest BCUT2D eigenvalue weighted by Crippen LogP contribution is -2.09. The number of carboxylic acids is 1. The molecule has 106 valence electrons. The van der Waals surface area contributed by atoms with E-state index in [0.717, 1.165) is 15.6 Å². The highest BCUT2D eigenvalue weighted by atomic mass is 79.9. The molecule has 4 nitrogen and oxygen atoms in total. The van der Waals surface area contributed by atoms with E-state index in [9.17, 15) is 14.7 Å². The van der Waals surface area contributed by atoms with E-state index >= 15 is 0 Å². The number of hydrogen-bond acceptors (Lipinski definition) is 3. The summed E-state index contributed by atoms with van der Waals surface area (Å²) in [4.78, 5) is 21.4. The second-order valence-electron chi connectivity index (χ2n) is 4.28. The van der Waals surface area contributed by atoms with E-state index in [1.165, 1.54) is 0 Å². The van der Waals surface area contributed by atoms with Gasteiger partial charge >= 0.3 is 5.97 Å². The summed E-state index contributed by atoms with van der Waals surface area (Å²) in [6.07, 6.45) is 0.691. The van der Waals surface area contributed by atoms with Crippen molar-refractivity contribution in [1.82, 2.24) is 0 Å². The minimum atomic E-state index is -1.60. The Balaban J connectivity index is 2.25. The number of carbonyl (C=O) groups excluding carboxylic acids is 1. The molecular formula is C16H11BrO4. The number of benzene rings is 2. The van der Waals surface area contributed by atoms with Crippen LogP contribution in [-0.2, 0) is 9.59 Å². The molecule has 0 aliphatic rings. The molecule has 2 aromatic rings. The molecule has 0 radical (unpaired) electrons. The Morgan fingerprint density at radius 1 is 0.857 bits per heavy atom. The van der Waals surface area contributed by atoms with Crippen molar-refractivity contribution in [2.45, 2.75) is 0 Å². The summed E-state index contributed by atoms with van der Waals surface area (Å²) in [5.41, 5.74) is 2.34. The molecule has 2 rings (SSSR count). The van der Waals surface area contributed by atoms with E-state index in [1.807, 2.05) is 24.3 Å². The van der Waals surface area contributed by atoms with Crippen molar-refractivity contribution < 1.29 is 19.8 Å². The van der Waals surface area contributed by atoms with E-state index in [4.69, 9.17) is 5.11 Å². The average Bonchev–Trinajstić information content (AvgIpc) is 2.48. The normalized spacial score (nSPS) is 11.2. The molecule has 0 saturated carbocycles. The first-order valence-corrected chi connectivity index (χ1v) is 6.81. The van der Waals surface area contributed by atoms with Gasteiger partial charge in [-0.1, -0.05) is 52.3 Å². The first-order chi connectivity index (χ1) is 9.97. The molecule has 5 heteroatoms. The van der Waals surface area contributed by atoms with E-state index in [2.05, 4.69) is 15.9 Å². The van der Waals surface area contributed by atoms with Crippen molar-refractivity contribution in [1.29, 1.82) is 0 Å². The first-order valence-electron chi connectivity index (χ1n) is 6.01. The van der Waals surface area contributed by atoms with Crippen LogP contribution in [0.1, 0.15) is 5.56 Å². The summed E-state index contributed by atoms with van der Waals surface area (Å²) in [6.45, 7) is 0. The van der Waals surface area contributed by atoms with Crippen LogP contribution in [0.4, 0.5) is 0 Å². The van der Waals surface area contributed by atoms with Gasteiger partial charge < -0.3 is 10.2 Å². The molecule has 0 amide bonds. The van der Waals surface area contributed by atoms with Crippen LogP contribution in [0.25, 0.3) is 16.9 Å². The van der Waals surface area contributed by atoms with Gasteiger partial charge in [0.1, 0.15) is 5.76 Å². The number of aliphatic carboxylic acids is 1. The maximum Gasteiger partial charge on any atom is 0.376 e. The third-order valence-corrected chi connectivity index (χ3v) is 3.37. The SMILES string of the molecule is O=C(O)C(=O)/C=C(\O)c1ccc(-c2ccc(Br)cc2)cc1. The Labute approximate surface area is 129 Å². The summed E-state index contributed by atoms with van der Waals surface area (Å²) in [5, 5.41) is 18.2. The largest absolute Gasteiger partial charge is 0.507 e. The third kappa shape index (κ3) is 3.79. The van der Waals surface area contributed by atoms with Crippen molar-refractivity contribution in [3.8, 4) is 11.1 Å². The van der Waals surface area contributed by atoms with Crippen LogP contribution in [0.15, 0.2) is 59.1 Å². The highest BCUT2D eigenvalue weighted by Gasteiger charge is 2.10. The number of carbonyl (C=O) groups is 2. The highest BCUT2D eigenvalue weighted by Crippen LogP contribution is 2.23. The van der Waals surface area contributed by atoms with E-state index < -0.39 is 11.8 Å². The number of ketones is 1. The molecule has 0 aromatic heterocycles. The van der Waals surface area contributed by atoms with Gasteiger partial charge in [-0.3, -0.25) is 4.79 Å². The zero-order valence-corrected chi connectivity index (χ0v) is 12.4. The van der Waals surface area contributed by atoms with Crippen molar-refractivity contribution in [3.63, 3.8) is 0 Å². The second kappa shape index (κ2) is 6.37. The van der Waals surface area contributed by atoms with Gasteiger partial charge in [0.15, 0.2) is 0 Å². The number of halogens is 1. The van der Waals surface area contributed by atoms with Crippen LogP contribution in [0.2, 0.25) is 0 Å². The molecule has 2 aromatic carbocycles. The standard InChI is InChI=1S/C16H11BrO4/c17-13-7-5-11(6-8-13)10-1-3-12(4-2-10)14(18)9-15(19)16(20)21/h1-9,18H,(H,20,21)/b14-9-. The number of hydrogen-bond donors (Lipinski definition) is 2. The van der Waals surface area contributed by atoms with Crippen molar-refractivity contribution in [2.75, 3.05) is 0 Å². The number of aliphatic hydroxyl groups is 1. The van der Waals surface area contributed by atoms with Gasteiger partial charge in [0.2, 0.25) is 0 Å². The van der Waals surface area contributed by atoms with Crippen LogP contribution in [-0.4, -0.2) is 22.0 Å². The smallest absolute Gasteiger partial charge is 0.376 e. The molecule has 0 spiro atoms. The molecule has 0 atom stereocenters. The third-order valence-electron chi connectivity index (χ3n) is 2.84. The van der Waals surface area contributed by atoms with Crippen LogP contribution in [0, 0.1) is 0 Å². The van der Waals surface area contributed by atoms with Crippen molar-refractivity contribution in [2.24, 2.45) is 0 Å². The summed E-state index contributed by atoms with van der Waals surface area (Å²) < 4.78 is 0.982. The van der Waals surface area contributed by atoms with Gasteiger partial charge in [-0.05, 0) is 23.3 Å². The number of carboxylic acid groups (broad SMARTS) is 1. The maximum absolute atomic E-state index is 11.0. The van der Waals surface area contributed by atoms with Gasteiger partial charge in [0.25, 0.3) is 5.78 Å². The monoisotopic (exact) mass is 346 g/mol. The molecule has 0 heterocycles. The van der Waals surface area contributed by atoms with E-state index in [-0.39, 0.29) is 5.76 Å². The predicted octanol–water partition coefficient (Wildman–Crippen LogP) is 3.67. The molecular weight excluding hydrogens is 336 g/mol. The number of rotatable bonds is 4. The van der Waals surface area contributed by atoms with Gasteiger partial charge in [0, 0.05) is 16.1 Å². The fourth-order valence-electron chi connectivity index (χ4n) is 1.75. The molecule has 0 aliphatic carbocycles. The number of aliphatic hydroxyl groups excluding tert-OH is 1. The quantitative estimate of drug-likeness (QED) is 0.503. The van der Waals surface area contributed by atoms with Crippen LogP contribution < -0.4 is 0 Å². The second-order valence-corrected chi connectivity index (χ2v) is 5.20. The maximum atomic E-state index is 11.0. The fourth-order valence-corrected chi connectivity index (χ4v) is 2.01. The first kappa shape index (κ1) is 15.0. The lowest BCUT2D eigenvalue weighted by Gasteiger charge is -2.04. The van der Waals surface area contributed by atoms with Crippen LogP contribution in [0.3, 0.4) is 0 Å². The molecule has 0 aliphatic heterocycles. The highest BCUT2D eigenvalue weighted by molar-refractivity contribution is 9.10. The van der Waals surface area contributed by atoms with Crippen molar-refractivity contribution in [3.05, 3.63) is 64.6 Å². The van der Waals surface area contributed by atoms with E-state index in [0.29, 0.717) is 11.6 Å². The van der Waals surface area contributed by atoms with Gasteiger partial charge in [-0.2, -0.15) is 0 Å². The summed E-state index contributed by atoms with van der Waals surface area (Å²) in [6, 6.07) is 14.6. The Bertz CT molecular complexity index is 700. The minimum Gasteiger partial charge on any atom is -0.507 e. The fraction of sp³-hybridized carbons (Fsp3) is 0.